The molecule has 172 valence electrons. The fourth-order valence-electron chi connectivity index (χ4n) is 3.46. The molecule has 1 amide bonds. The van der Waals surface area contributed by atoms with E-state index in [0.717, 1.165) is 31.0 Å². The number of non-ortho nitro benzene ring substituents is 1. The molecule has 3 aromatic rings. The Morgan fingerprint density at radius 1 is 1.30 bits per heavy atom. The summed E-state index contributed by atoms with van der Waals surface area (Å²) in [4.78, 5) is 23.0. The zero-order valence-electron chi connectivity index (χ0n) is 17.6. The van der Waals surface area contributed by atoms with Crippen LogP contribution in [0.15, 0.2) is 42.5 Å². The van der Waals surface area contributed by atoms with Gasteiger partial charge < -0.3 is 14.8 Å². The molecule has 0 radical (unpaired) electrons. The zero-order chi connectivity index (χ0) is 23.5. The third kappa shape index (κ3) is 4.82. The van der Waals surface area contributed by atoms with Crippen LogP contribution < -0.4 is 10.1 Å². The largest absolute Gasteiger partial charge is 0.436 e. The third-order valence-electron chi connectivity index (χ3n) is 5.20. The molecule has 0 aliphatic carbocycles. The van der Waals surface area contributed by atoms with E-state index in [4.69, 9.17) is 9.47 Å². The maximum atomic E-state index is 14.5. The van der Waals surface area contributed by atoms with E-state index >= 15 is 0 Å². The number of hydrogen-bond donors (Lipinski definition) is 1. The van der Waals surface area contributed by atoms with Crippen molar-refractivity contribution in [3.63, 3.8) is 0 Å². The van der Waals surface area contributed by atoms with Gasteiger partial charge in [0.1, 0.15) is 5.82 Å². The van der Waals surface area contributed by atoms with E-state index in [0.29, 0.717) is 24.4 Å². The number of nitro groups is 1. The van der Waals surface area contributed by atoms with Gasteiger partial charge in [-0.1, -0.05) is 0 Å². The van der Waals surface area contributed by atoms with Crippen LogP contribution in [0.5, 0.6) is 11.6 Å². The second kappa shape index (κ2) is 9.33. The molecule has 1 unspecified atom stereocenters. The van der Waals surface area contributed by atoms with Crippen LogP contribution in [0.2, 0.25) is 0 Å². The first-order valence-electron chi connectivity index (χ1n) is 10.2. The number of carbonyl (C=O) groups is 1. The molecule has 1 saturated heterocycles. The Morgan fingerprint density at radius 2 is 2.06 bits per heavy atom. The molecule has 33 heavy (non-hydrogen) atoms. The summed E-state index contributed by atoms with van der Waals surface area (Å²) < 4.78 is 40.4. The van der Waals surface area contributed by atoms with Crippen molar-refractivity contribution in [3.05, 3.63) is 75.5 Å². The van der Waals surface area contributed by atoms with Crippen molar-refractivity contribution in [2.45, 2.75) is 25.9 Å². The standard InChI is InChI=1S/C22H20F2N4O5/c1-13-20(21(29)25-12-17-3-2-10-32-17)26-27(15-6-4-14(23)5-7-15)22(13)33-19-9-8-16(28(30)31)11-18(19)24/h4-9,11,17H,2-3,10,12H2,1H3,(H,25,29). The van der Waals surface area contributed by atoms with Gasteiger partial charge in [-0.2, -0.15) is 9.78 Å². The number of aromatic nitrogens is 2. The van der Waals surface area contributed by atoms with Crippen LogP contribution in [0.3, 0.4) is 0 Å². The van der Waals surface area contributed by atoms with Gasteiger partial charge in [0.2, 0.25) is 5.88 Å². The molecule has 0 bridgehead atoms. The molecule has 2 heterocycles. The highest BCUT2D eigenvalue weighted by molar-refractivity contribution is 5.94. The highest BCUT2D eigenvalue weighted by Gasteiger charge is 2.25. The molecule has 1 aromatic heterocycles. The van der Waals surface area contributed by atoms with Crippen LogP contribution in [-0.4, -0.2) is 39.9 Å². The predicted molar refractivity (Wildman–Crippen MR) is 113 cm³/mol. The number of benzene rings is 2. The summed E-state index contributed by atoms with van der Waals surface area (Å²) in [6.45, 7) is 2.54. The Balaban J connectivity index is 1.68. The topological polar surface area (TPSA) is 109 Å². The number of halogens is 2. The second-order valence-electron chi connectivity index (χ2n) is 7.49. The average Bonchev–Trinajstić information content (AvgIpc) is 3.42. The van der Waals surface area contributed by atoms with Crippen LogP contribution in [0.25, 0.3) is 5.69 Å². The lowest BCUT2D eigenvalue weighted by Gasteiger charge is -2.11. The van der Waals surface area contributed by atoms with Crippen LogP contribution >= 0.6 is 0 Å². The molecular weight excluding hydrogens is 438 g/mol. The number of nitrogens with zero attached hydrogens (tertiary/aromatic N) is 3. The maximum Gasteiger partial charge on any atom is 0.272 e. The molecule has 1 aliphatic heterocycles. The zero-order valence-corrected chi connectivity index (χ0v) is 17.6. The van der Waals surface area contributed by atoms with Gasteiger partial charge in [-0.05, 0) is 50.1 Å². The summed E-state index contributed by atoms with van der Waals surface area (Å²) in [6, 6.07) is 8.22. The molecule has 1 fully saturated rings. The summed E-state index contributed by atoms with van der Waals surface area (Å²) >= 11 is 0. The minimum absolute atomic E-state index is 0.0108. The molecule has 4 rings (SSSR count). The third-order valence-corrected chi connectivity index (χ3v) is 5.20. The van der Waals surface area contributed by atoms with Gasteiger partial charge in [0.05, 0.1) is 22.8 Å². The number of amides is 1. The van der Waals surface area contributed by atoms with Crippen molar-refractivity contribution in [3.8, 4) is 17.3 Å². The van der Waals surface area contributed by atoms with E-state index in [2.05, 4.69) is 10.4 Å². The highest BCUT2D eigenvalue weighted by atomic mass is 19.1. The Labute approximate surface area is 187 Å². The number of rotatable bonds is 7. The molecule has 11 heteroatoms. The highest BCUT2D eigenvalue weighted by Crippen LogP contribution is 2.33. The monoisotopic (exact) mass is 458 g/mol. The van der Waals surface area contributed by atoms with E-state index in [1.54, 1.807) is 6.92 Å². The van der Waals surface area contributed by atoms with E-state index in [9.17, 15) is 23.7 Å². The lowest BCUT2D eigenvalue weighted by atomic mass is 10.2. The van der Waals surface area contributed by atoms with Crippen molar-refractivity contribution in [2.75, 3.05) is 13.2 Å². The number of carbonyl (C=O) groups excluding carboxylic acids is 1. The molecule has 1 atom stereocenters. The van der Waals surface area contributed by atoms with Crippen molar-refractivity contribution in [1.82, 2.24) is 15.1 Å². The minimum Gasteiger partial charge on any atom is -0.436 e. The number of nitro benzene ring substituents is 1. The van der Waals surface area contributed by atoms with Crippen LogP contribution in [0.1, 0.15) is 28.9 Å². The summed E-state index contributed by atoms with van der Waals surface area (Å²) in [7, 11) is 0. The summed E-state index contributed by atoms with van der Waals surface area (Å²) in [6.07, 6.45) is 1.70. The molecule has 2 aromatic carbocycles. The summed E-state index contributed by atoms with van der Waals surface area (Å²) in [5.41, 5.74) is 0.282. The van der Waals surface area contributed by atoms with E-state index in [-0.39, 0.29) is 23.4 Å². The van der Waals surface area contributed by atoms with Gasteiger partial charge in [-0.3, -0.25) is 14.9 Å². The Bertz CT molecular complexity index is 1190. The van der Waals surface area contributed by atoms with Crippen LogP contribution in [0, 0.1) is 28.7 Å². The van der Waals surface area contributed by atoms with E-state index in [1.165, 1.54) is 28.9 Å². The SMILES string of the molecule is Cc1c(C(=O)NCC2CCCO2)nn(-c2ccc(F)cc2)c1Oc1ccc([N+](=O)[O-])cc1F. The number of hydrogen-bond acceptors (Lipinski definition) is 6. The first-order chi connectivity index (χ1) is 15.8. The van der Waals surface area contributed by atoms with Gasteiger partial charge in [0.25, 0.3) is 11.6 Å². The second-order valence-corrected chi connectivity index (χ2v) is 7.49. The minimum atomic E-state index is -0.958. The van der Waals surface area contributed by atoms with Crippen molar-refractivity contribution in [1.29, 1.82) is 0 Å². The van der Waals surface area contributed by atoms with Crippen molar-refractivity contribution >= 4 is 11.6 Å². The maximum absolute atomic E-state index is 14.5. The fourth-order valence-corrected chi connectivity index (χ4v) is 3.46. The van der Waals surface area contributed by atoms with Gasteiger partial charge in [0, 0.05) is 24.8 Å². The Kier molecular flexibility index (Phi) is 6.31. The molecule has 0 saturated carbocycles. The normalized spacial score (nSPS) is 15.4. The van der Waals surface area contributed by atoms with Crippen molar-refractivity contribution in [2.24, 2.45) is 0 Å². The summed E-state index contributed by atoms with van der Waals surface area (Å²) in [5.74, 6) is -2.19. The quantitative estimate of drug-likeness (QED) is 0.422. The smallest absolute Gasteiger partial charge is 0.272 e. The first kappa shape index (κ1) is 22.3. The molecule has 1 aliphatic rings. The van der Waals surface area contributed by atoms with Gasteiger partial charge in [-0.25, -0.2) is 8.78 Å². The molecule has 1 N–H and O–H groups in total. The first-order valence-corrected chi connectivity index (χ1v) is 10.2. The van der Waals surface area contributed by atoms with E-state index < -0.39 is 28.2 Å². The van der Waals surface area contributed by atoms with Crippen LogP contribution in [0.4, 0.5) is 14.5 Å². The molecule has 9 nitrogen and oxygen atoms in total. The number of nitrogens with one attached hydrogen (secondary N) is 1. The fraction of sp³-hybridized carbons (Fsp3) is 0.273. The molecular formula is C22H20F2N4O5. The van der Waals surface area contributed by atoms with E-state index in [1.807, 2.05) is 0 Å². The predicted octanol–water partition coefficient (Wildman–Crippen LogP) is 4.07. The van der Waals surface area contributed by atoms with Gasteiger partial charge in [0.15, 0.2) is 17.3 Å². The average molecular weight is 458 g/mol. The number of ether oxygens (including phenoxy) is 2. The van der Waals surface area contributed by atoms with Crippen molar-refractivity contribution < 1.29 is 28.0 Å². The Hall–Kier alpha value is -3.86. The lowest BCUT2D eigenvalue weighted by molar-refractivity contribution is -0.385. The van der Waals surface area contributed by atoms with Gasteiger partial charge >= 0.3 is 0 Å². The van der Waals surface area contributed by atoms with Crippen LogP contribution in [-0.2, 0) is 4.74 Å². The summed E-state index contributed by atoms with van der Waals surface area (Å²) in [5, 5.41) is 18.0. The lowest BCUT2D eigenvalue weighted by Crippen LogP contribution is -2.32. The molecule has 0 spiro atoms. The Morgan fingerprint density at radius 3 is 2.70 bits per heavy atom. The van der Waals surface area contributed by atoms with Gasteiger partial charge in [-0.15, -0.1) is 0 Å².